The molecule has 1 rings (SSSR count). The van der Waals surface area contributed by atoms with Crippen LogP contribution in [0.3, 0.4) is 0 Å². The Kier molecular flexibility index (Phi) is 10.8. The average molecular weight is 356 g/mol. The summed E-state index contributed by atoms with van der Waals surface area (Å²) in [6.45, 7) is 0. The van der Waals surface area contributed by atoms with E-state index in [-0.39, 0.29) is 0 Å². The molecule has 2 heteroatoms. The van der Waals surface area contributed by atoms with E-state index in [9.17, 15) is 0 Å². The molecule has 0 spiro atoms. The molecule has 0 aliphatic heterocycles. The molecule has 0 aliphatic carbocycles. The van der Waals surface area contributed by atoms with Crippen LogP contribution in [0.1, 0.15) is 56.9 Å². The van der Waals surface area contributed by atoms with Gasteiger partial charge in [0.25, 0.3) is 0 Å². The molecule has 20 heavy (non-hydrogen) atoms. The van der Waals surface area contributed by atoms with E-state index in [4.69, 9.17) is 11.6 Å². The van der Waals surface area contributed by atoms with Crippen molar-refractivity contribution in [1.82, 2.24) is 0 Å². The Labute approximate surface area is 137 Å². The van der Waals surface area contributed by atoms with Crippen molar-refractivity contribution in [1.29, 1.82) is 0 Å². The maximum absolute atomic E-state index is 5.87. The fraction of sp³-hybridized carbons (Fsp3) is 0.556. The summed E-state index contributed by atoms with van der Waals surface area (Å²) in [4.78, 5) is 0. The first kappa shape index (κ1) is 17.6. The highest BCUT2D eigenvalue weighted by atomic mass is 79.9. The minimum Gasteiger partial charge on any atom is -0.103 e. The van der Waals surface area contributed by atoms with Crippen LogP contribution in [0.5, 0.6) is 0 Å². The van der Waals surface area contributed by atoms with Crippen LogP contribution in [0, 0.1) is 11.8 Å². The first-order valence-corrected chi connectivity index (χ1v) is 9.09. The number of aryl methyl sites for hydroxylation is 1. The van der Waals surface area contributed by atoms with Crippen LogP contribution in [-0.4, -0.2) is 5.33 Å². The summed E-state index contributed by atoms with van der Waals surface area (Å²) in [7, 11) is 0. The van der Waals surface area contributed by atoms with Gasteiger partial charge in [-0.15, -0.1) is 11.8 Å². The molecule has 110 valence electrons. The van der Waals surface area contributed by atoms with Gasteiger partial charge in [-0.2, -0.15) is 0 Å². The van der Waals surface area contributed by atoms with Crippen LogP contribution < -0.4 is 0 Å². The predicted octanol–water partition coefficient (Wildman–Crippen LogP) is 6.40. The highest BCUT2D eigenvalue weighted by Crippen LogP contribution is 2.12. The highest BCUT2D eigenvalue weighted by molar-refractivity contribution is 9.09. The predicted molar refractivity (Wildman–Crippen MR) is 93.7 cm³/mol. The minimum atomic E-state index is 0.820. The van der Waals surface area contributed by atoms with Crippen LogP contribution in [0.2, 0.25) is 5.02 Å². The second-order valence-electron chi connectivity index (χ2n) is 5.04. The van der Waals surface area contributed by atoms with Crippen LogP contribution in [0.15, 0.2) is 24.3 Å². The molecule has 0 fully saturated rings. The summed E-state index contributed by atoms with van der Waals surface area (Å²) in [6.07, 6.45) is 10.8. The summed E-state index contributed by atoms with van der Waals surface area (Å²) in [5.74, 6) is 6.57. The van der Waals surface area contributed by atoms with E-state index in [2.05, 4.69) is 39.9 Å². The van der Waals surface area contributed by atoms with E-state index in [0.29, 0.717) is 0 Å². The first-order valence-electron chi connectivity index (χ1n) is 7.59. The molecular weight excluding hydrogens is 332 g/mol. The van der Waals surface area contributed by atoms with Crippen molar-refractivity contribution in [3.05, 3.63) is 34.9 Å². The molecule has 0 radical (unpaired) electrons. The topological polar surface area (TPSA) is 0 Å². The van der Waals surface area contributed by atoms with Crippen molar-refractivity contribution in [2.24, 2.45) is 0 Å². The molecule has 0 nitrogen and oxygen atoms in total. The number of hydrogen-bond acceptors (Lipinski definition) is 0. The Bertz CT molecular complexity index is 400. The van der Waals surface area contributed by atoms with E-state index in [0.717, 1.165) is 29.6 Å². The summed E-state index contributed by atoms with van der Waals surface area (Å²) in [5.41, 5.74) is 1.38. The Morgan fingerprint density at radius 2 is 1.40 bits per heavy atom. The second-order valence-corrected chi connectivity index (χ2v) is 6.27. The molecule has 0 saturated carbocycles. The molecule has 0 N–H and O–H groups in total. The van der Waals surface area contributed by atoms with Gasteiger partial charge in [0.1, 0.15) is 0 Å². The molecule has 0 heterocycles. The zero-order valence-corrected chi connectivity index (χ0v) is 14.5. The fourth-order valence-electron chi connectivity index (χ4n) is 2.03. The normalized spacial score (nSPS) is 10.1. The number of unbranched alkanes of at least 4 members (excludes halogenated alkanes) is 6. The Morgan fingerprint density at radius 1 is 0.800 bits per heavy atom. The van der Waals surface area contributed by atoms with Crippen LogP contribution in [0.25, 0.3) is 0 Å². The zero-order chi connectivity index (χ0) is 14.5. The SMILES string of the molecule is Clc1ccc(CCCCCC#CCCCCCBr)cc1. The smallest absolute Gasteiger partial charge is 0.0406 e. The number of hydrogen-bond donors (Lipinski definition) is 0. The number of alkyl halides is 1. The van der Waals surface area contributed by atoms with Crippen molar-refractivity contribution in [3.8, 4) is 11.8 Å². The quantitative estimate of drug-likeness (QED) is 0.273. The molecule has 0 atom stereocenters. The van der Waals surface area contributed by atoms with E-state index in [1.165, 1.54) is 44.1 Å². The van der Waals surface area contributed by atoms with Gasteiger partial charge < -0.3 is 0 Å². The number of benzene rings is 1. The third-order valence-electron chi connectivity index (χ3n) is 3.24. The van der Waals surface area contributed by atoms with Gasteiger partial charge in [-0.05, 0) is 49.8 Å². The highest BCUT2D eigenvalue weighted by Gasteiger charge is 1.93. The summed E-state index contributed by atoms with van der Waals surface area (Å²) < 4.78 is 0. The van der Waals surface area contributed by atoms with Gasteiger partial charge in [0.05, 0.1) is 0 Å². The molecule has 0 saturated heterocycles. The summed E-state index contributed by atoms with van der Waals surface area (Å²) in [6, 6.07) is 8.18. The molecule has 0 bridgehead atoms. The van der Waals surface area contributed by atoms with Gasteiger partial charge >= 0.3 is 0 Å². The van der Waals surface area contributed by atoms with Crippen LogP contribution in [-0.2, 0) is 6.42 Å². The molecule has 0 amide bonds. The van der Waals surface area contributed by atoms with Crippen molar-refractivity contribution >= 4 is 27.5 Å². The van der Waals surface area contributed by atoms with Gasteiger partial charge in [0, 0.05) is 23.2 Å². The summed E-state index contributed by atoms with van der Waals surface area (Å²) >= 11 is 9.31. The van der Waals surface area contributed by atoms with Gasteiger partial charge in [0.2, 0.25) is 0 Å². The Balaban J connectivity index is 1.94. The lowest BCUT2D eigenvalue weighted by Gasteiger charge is -2.00. The molecule has 0 aliphatic rings. The van der Waals surface area contributed by atoms with Crippen molar-refractivity contribution < 1.29 is 0 Å². The fourth-order valence-corrected chi connectivity index (χ4v) is 2.55. The largest absolute Gasteiger partial charge is 0.103 e. The van der Waals surface area contributed by atoms with E-state index >= 15 is 0 Å². The van der Waals surface area contributed by atoms with Gasteiger partial charge in [-0.3, -0.25) is 0 Å². The van der Waals surface area contributed by atoms with Crippen molar-refractivity contribution in [3.63, 3.8) is 0 Å². The molecule has 1 aromatic carbocycles. The Hall–Kier alpha value is -0.450. The molecule has 0 unspecified atom stereocenters. The second kappa shape index (κ2) is 12.3. The van der Waals surface area contributed by atoms with Gasteiger partial charge in [-0.25, -0.2) is 0 Å². The van der Waals surface area contributed by atoms with Crippen LogP contribution in [0.4, 0.5) is 0 Å². The van der Waals surface area contributed by atoms with Crippen molar-refractivity contribution in [2.45, 2.75) is 57.8 Å². The Morgan fingerprint density at radius 3 is 2.00 bits per heavy atom. The number of rotatable bonds is 9. The van der Waals surface area contributed by atoms with E-state index in [1.54, 1.807) is 0 Å². The lowest BCUT2D eigenvalue weighted by atomic mass is 10.1. The van der Waals surface area contributed by atoms with Gasteiger partial charge in [-0.1, -0.05) is 52.5 Å². The van der Waals surface area contributed by atoms with E-state index < -0.39 is 0 Å². The molecule has 0 aromatic heterocycles. The first-order chi connectivity index (χ1) is 9.83. The maximum atomic E-state index is 5.87. The third-order valence-corrected chi connectivity index (χ3v) is 4.05. The molecular formula is C18H24BrCl. The van der Waals surface area contributed by atoms with Gasteiger partial charge in [0.15, 0.2) is 0 Å². The lowest BCUT2D eigenvalue weighted by molar-refractivity contribution is 0.692. The lowest BCUT2D eigenvalue weighted by Crippen LogP contribution is -1.85. The molecule has 1 aromatic rings. The maximum Gasteiger partial charge on any atom is 0.0406 e. The summed E-state index contributed by atoms with van der Waals surface area (Å²) in [5, 5.41) is 1.94. The van der Waals surface area contributed by atoms with Crippen LogP contribution >= 0.6 is 27.5 Å². The third kappa shape index (κ3) is 9.45. The minimum absolute atomic E-state index is 0.820. The van der Waals surface area contributed by atoms with E-state index in [1.807, 2.05) is 12.1 Å². The average Bonchev–Trinajstić information content (AvgIpc) is 2.47. The standard InChI is InChI=1S/C18H24BrCl/c19-16-10-8-6-4-2-1-3-5-7-9-11-17-12-14-18(20)15-13-17/h12-15H,3-11,16H2. The number of halogens is 2. The van der Waals surface area contributed by atoms with Crippen molar-refractivity contribution in [2.75, 3.05) is 5.33 Å². The monoisotopic (exact) mass is 354 g/mol. The zero-order valence-electron chi connectivity index (χ0n) is 12.1.